The lowest BCUT2D eigenvalue weighted by atomic mass is 9.88. The fourth-order valence-corrected chi connectivity index (χ4v) is 4.13. The number of guanidine groups is 1. The van der Waals surface area contributed by atoms with E-state index in [4.69, 9.17) is 16.6 Å². The van der Waals surface area contributed by atoms with Crippen LogP contribution in [0, 0.1) is 5.92 Å². The van der Waals surface area contributed by atoms with Gasteiger partial charge in [-0.1, -0.05) is 50.1 Å². The van der Waals surface area contributed by atoms with Crippen molar-refractivity contribution in [1.82, 2.24) is 16.0 Å². The van der Waals surface area contributed by atoms with Crippen molar-refractivity contribution in [2.75, 3.05) is 7.05 Å². The van der Waals surface area contributed by atoms with Crippen molar-refractivity contribution >= 4 is 23.4 Å². The summed E-state index contributed by atoms with van der Waals surface area (Å²) in [5, 5.41) is 9.10. The van der Waals surface area contributed by atoms with E-state index in [0.29, 0.717) is 17.9 Å². The number of hydrogen-bond donors (Lipinski definition) is 3. The van der Waals surface area contributed by atoms with Crippen LogP contribution in [0.1, 0.15) is 64.2 Å². The molecule has 0 aromatic heterocycles. The summed E-state index contributed by atoms with van der Waals surface area (Å²) in [6.07, 6.45) is 12.5. The predicted molar refractivity (Wildman–Crippen MR) is 92.2 cm³/mol. The average Bonchev–Trinajstić information content (AvgIpc) is 2.55. The van der Waals surface area contributed by atoms with Crippen LogP contribution < -0.4 is 16.0 Å². The topological polar surface area (TPSA) is 60.8 Å². The zero-order valence-electron chi connectivity index (χ0n) is 13.5. The highest BCUT2D eigenvalue weighted by Crippen LogP contribution is 2.28. The number of aliphatic imine (C=N–C) groups is 2. The number of amidine groups is 1. The maximum absolute atomic E-state index is 6.77. The van der Waals surface area contributed by atoms with Gasteiger partial charge in [-0.3, -0.25) is 10.3 Å². The van der Waals surface area contributed by atoms with E-state index in [2.05, 4.69) is 20.9 Å². The van der Waals surface area contributed by atoms with Crippen LogP contribution in [0.4, 0.5) is 0 Å². The molecular weight excluding hydrogens is 298 g/mol. The van der Waals surface area contributed by atoms with Gasteiger partial charge in [0.05, 0.1) is 0 Å². The summed E-state index contributed by atoms with van der Waals surface area (Å²) in [6.45, 7) is 0. The smallest absolute Gasteiger partial charge is 0.269 e. The van der Waals surface area contributed by atoms with Gasteiger partial charge < -0.3 is 10.6 Å². The van der Waals surface area contributed by atoms with E-state index in [1.807, 2.05) is 0 Å². The van der Waals surface area contributed by atoms with Crippen molar-refractivity contribution in [3.63, 3.8) is 0 Å². The summed E-state index contributed by atoms with van der Waals surface area (Å²) in [5.41, 5.74) is 0. The van der Waals surface area contributed by atoms with Gasteiger partial charge in [-0.05, 0) is 25.7 Å². The monoisotopic (exact) mass is 325 g/mol. The molecule has 1 heterocycles. The Balaban J connectivity index is 1.74. The molecule has 0 amide bonds. The molecule has 0 bridgehead atoms. The van der Waals surface area contributed by atoms with Gasteiger partial charge in [-0.15, -0.1) is 0 Å². The van der Waals surface area contributed by atoms with E-state index in [-0.39, 0.29) is 0 Å². The third-order valence-corrected chi connectivity index (χ3v) is 5.31. The van der Waals surface area contributed by atoms with Crippen molar-refractivity contribution < 1.29 is 0 Å². The van der Waals surface area contributed by atoms with Crippen LogP contribution in [0.15, 0.2) is 9.98 Å². The molecule has 1 atom stereocenters. The molecule has 6 heteroatoms. The van der Waals surface area contributed by atoms with Crippen LogP contribution in [0.2, 0.25) is 0 Å². The van der Waals surface area contributed by atoms with Crippen molar-refractivity contribution in [3.8, 4) is 0 Å². The highest BCUT2D eigenvalue weighted by Gasteiger charge is 2.37. The molecule has 124 valence electrons. The molecule has 3 N–H and O–H groups in total. The van der Waals surface area contributed by atoms with Crippen LogP contribution in [0.3, 0.4) is 0 Å². The SMILES string of the molecule is CN=C1NC(C2CCCCC2)=NC(Cl)(NC2CCCCC2)N1. The molecule has 3 aliphatic rings. The van der Waals surface area contributed by atoms with Gasteiger partial charge in [-0.25, -0.2) is 4.99 Å². The van der Waals surface area contributed by atoms with Gasteiger partial charge in [0.2, 0.25) is 0 Å². The zero-order chi connectivity index (χ0) is 15.4. The first-order valence-corrected chi connectivity index (χ1v) is 9.15. The second-order valence-electron chi connectivity index (χ2n) is 6.76. The van der Waals surface area contributed by atoms with E-state index in [9.17, 15) is 0 Å². The Morgan fingerprint density at radius 2 is 1.73 bits per heavy atom. The summed E-state index contributed by atoms with van der Waals surface area (Å²) in [5.74, 6) is 2.20. The molecule has 5 nitrogen and oxygen atoms in total. The highest BCUT2D eigenvalue weighted by atomic mass is 35.5. The van der Waals surface area contributed by atoms with E-state index in [1.54, 1.807) is 7.05 Å². The summed E-state index contributed by atoms with van der Waals surface area (Å²) >= 11 is 6.77. The van der Waals surface area contributed by atoms with Crippen LogP contribution in [-0.2, 0) is 0 Å². The first-order valence-electron chi connectivity index (χ1n) is 8.77. The van der Waals surface area contributed by atoms with Crippen LogP contribution >= 0.6 is 11.6 Å². The molecule has 2 fully saturated rings. The predicted octanol–water partition coefficient (Wildman–Crippen LogP) is 2.92. The number of nitrogens with zero attached hydrogens (tertiary/aromatic N) is 2. The molecule has 0 aromatic carbocycles. The van der Waals surface area contributed by atoms with E-state index < -0.39 is 5.25 Å². The van der Waals surface area contributed by atoms with Crippen molar-refractivity contribution in [2.24, 2.45) is 15.9 Å². The Bertz CT molecular complexity index is 438. The standard InChI is InChI=1S/C16H28ClN5/c1-18-15-19-14(12-8-4-2-5-9-12)21-16(17,22-15)20-13-10-6-3-7-11-13/h12-13,20H,2-11H2,1H3,(H2,18,19,21,22). The Hall–Kier alpha value is -0.810. The molecule has 0 saturated heterocycles. The largest absolute Gasteiger partial charge is 0.314 e. The average molecular weight is 326 g/mol. The maximum atomic E-state index is 6.77. The first-order chi connectivity index (χ1) is 10.7. The quantitative estimate of drug-likeness (QED) is 0.552. The summed E-state index contributed by atoms with van der Waals surface area (Å²) < 4.78 is 0. The lowest BCUT2D eigenvalue weighted by Crippen LogP contribution is -2.65. The second-order valence-corrected chi connectivity index (χ2v) is 7.30. The molecule has 0 radical (unpaired) electrons. The molecule has 3 rings (SSSR count). The fraction of sp³-hybridized carbons (Fsp3) is 0.875. The molecule has 1 aliphatic heterocycles. The van der Waals surface area contributed by atoms with E-state index in [1.165, 1.54) is 64.2 Å². The van der Waals surface area contributed by atoms with Crippen LogP contribution in [0.5, 0.6) is 0 Å². The first kappa shape index (κ1) is 16.1. The molecule has 0 spiro atoms. The number of alkyl halides is 1. The van der Waals surface area contributed by atoms with Gasteiger partial charge in [0.15, 0.2) is 5.96 Å². The number of nitrogens with one attached hydrogen (secondary N) is 3. The normalized spacial score (nSPS) is 33.2. The second kappa shape index (κ2) is 7.18. The molecular formula is C16H28ClN5. The number of halogens is 1. The van der Waals surface area contributed by atoms with Crippen molar-refractivity contribution in [2.45, 2.75) is 75.5 Å². The highest BCUT2D eigenvalue weighted by molar-refractivity contribution is 6.26. The number of hydrogen-bond acceptors (Lipinski definition) is 3. The molecule has 0 aromatic rings. The minimum atomic E-state index is -0.950. The van der Waals surface area contributed by atoms with E-state index >= 15 is 0 Å². The van der Waals surface area contributed by atoms with Crippen LogP contribution in [0.25, 0.3) is 0 Å². The summed E-state index contributed by atoms with van der Waals surface area (Å²) in [6, 6.07) is 0.436. The lowest BCUT2D eigenvalue weighted by molar-refractivity contribution is 0.299. The zero-order valence-corrected chi connectivity index (χ0v) is 14.3. The van der Waals surface area contributed by atoms with Crippen LogP contribution in [-0.4, -0.2) is 30.1 Å². The molecule has 22 heavy (non-hydrogen) atoms. The molecule has 2 saturated carbocycles. The molecule has 2 aliphatic carbocycles. The minimum absolute atomic E-state index is 0.436. The Labute approximate surface area is 138 Å². The van der Waals surface area contributed by atoms with E-state index in [0.717, 1.165) is 5.84 Å². The fourth-order valence-electron chi connectivity index (χ4n) is 3.80. The third kappa shape index (κ3) is 3.93. The van der Waals surface area contributed by atoms with Crippen molar-refractivity contribution in [1.29, 1.82) is 0 Å². The van der Waals surface area contributed by atoms with Gasteiger partial charge >= 0.3 is 0 Å². The number of rotatable bonds is 3. The minimum Gasteiger partial charge on any atom is -0.314 e. The third-order valence-electron chi connectivity index (χ3n) is 5.02. The Kier molecular flexibility index (Phi) is 5.24. The lowest BCUT2D eigenvalue weighted by Gasteiger charge is -2.38. The summed E-state index contributed by atoms with van der Waals surface area (Å²) in [7, 11) is 1.77. The van der Waals surface area contributed by atoms with Gasteiger partial charge in [0.1, 0.15) is 5.84 Å². The Morgan fingerprint density at radius 1 is 1.09 bits per heavy atom. The van der Waals surface area contributed by atoms with Gasteiger partial charge in [-0.2, -0.15) is 0 Å². The van der Waals surface area contributed by atoms with Gasteiger partial charge in [0.25, 0.3) is 5.25 Å². The summed E-state index contributed by atoms with van der Waals surface area (Å²) in [4.78, 5) is 9.07. The van der Waals surface area contributed by atoms with Crippen molar-refractivity contribution in [3.05, 3.63) is 0 Å². The Morgan fingerprint density at radius 3 is 2.36 bits per heavy atom. The molecule has 1 unspecified atom stereocenters. The maximum Gasteiger partial charge on any atom is 0.269 e. The van der Waals surface area contributed by atoms with Gasteiger partial charge in [0, 0.05) is 19.0 Å².